The summed E-state index contributed by atoms with van der Waals surface area (Å²) in [5, 5.41) is 15.6. The minimum atomic E-state index is -1.08. The summed E-state index contributed by atoms with van der Waals surface area (Å²) in [5.74, 6) is 0.568. The summed E-state index contributed by atoms with van der Waals surface area (Å²) in [7, 11) is 3.14. The number of rotatable bonds is 10. The first-order valence-corrected chi connectivity index (χ1v) is 12.1. The number of hydrogen-bond acceptors (Lipinski definition) is 8. The van der Waals surface area contributed by atoms with Gasteiger partial charge in [0.1, 0.15) is 36.6 Å². The largest absolute Gasteiger partial charge is 0.479 e. The summed E-state index contributed by atoms with van der Waals surface area (Å²) in [6.45, 7) is 0.532. The molecule has 4 heterocycles. The molecule has 5 rings (SSSR count). The molecular formula is C24H29F3N8O2. The number of ether oxygens (including phenoxy) is 2. The quantitative estimate of drug-likeness (QED) is 0.342. The number of nitrogens with zero attached hydrogens (tertiary/aromatic N) is 7. The second kappa shape index (κ2) is 10.9. The lowest BCUT2D eigenvalue weighted by atomic mass is 10.0. The van der Waals surface area contributed by atoms with Gasteiger partial charge in [-0.3, -0.25) is 4.90 Å². The number of benzene rings is 1. The second-order valence-electron chi connectivity index (χ2n) is 9.02. The van der Waals surface area contributed by atoms with E-state index in [2.05, 4.69) is 25.7 Å². The van der Waals surface area contributed by atoms with E-state index in [1.54, 1.807) is 30.0 Å². The van der Waals surface area contributed by atoms with E-state index in [1.165, 1.54) is 11.8 Å². The minimum Gasteiger partial charge on any atom is -0.479 e. The van der Waals surface area contributed by atoms with Gasteiger partial charge in [0.05, 0.1) is 25.3 Å². The van der Waals surface area contributed by atoms with Gasteiger partial charge in [0.25, 0.3) is 0 Å². The summed E-state index contributed by atoms with van der Waals surface area (Å²) in [4.78, 5) is 6.54. The highest BCUT2D eigenvalue weighted by Gasteiger charge is 2.30. The molecule has 4 aromatic rings. The first kappa shape index (κ1) is 25.2. The zero-order chi connectivity index (χ0) is 25.9. The van der Waals surface area contributed by atoms with Crippen molar-refractivity contribution in [3.05, 3.63) is 30.5 Å². The highest BCUT2D eigenvalue weighted by Crippen LogP contribution is 2.33. The van der Waals surface area contributed by atoms with E-state index < -0.39 is 31.6 Å². The molecule has 0 amide bonds. The monoisotopic (exact) mass is 518 g/mol. The molecule has 1 fully saturated rings. The number of nitrogens with one attached hydrogen (secondary N) is 1. The number of fused-ring (bicyclic) bond motifs is 2. The Balaban J connectivity index is 1.43. The molecule has 2 atom stereocenters. The lowest BCUT2D eigenvalue weighted by Crippen LogP contribution is -2.48. The van der Waals surface area contributed by atoms with E-state index in [0.717, 1.165) is 17.7 Å². The first-order chi connectivity index (χ1) is 18.1. The van der Waals surface area contributed by atoms with Gasteiger partial charge in [0, 0.05) is 38.5 Å². The van der Waals surface area contributed by atoms with Crippen LogP contribution in [-0.4, -0.2) is 101 Å². The van der Waals surface area contributed by atoms with E-state index in [0.29, 0.717) is 48.5 Å². The molecule has 0 bridgehead atoms. The van der Waals surface area contributed by atoms with Crippen LogP contribution in [0.25, 0.3) is 27.7 Å². The fourth-order valence-electron chi connectivity index (χ4n) is 4.69. The van der Waals surface area contributed by atoms with Crippen molar-refractivity contribution in [3.8, 4) is 17.0 Å². The zero-order valence-electron chi connectivity index (χ0n) is 20.6. The Morgan fingerprint density at radius 1 is 1.19 bits per heavy atom. The lowest BCUT2D eigenvalue weighted by molar-refractivity contribution is 0.0918. The van der Waals surface area contributed by atoms with E-state index in [-0.39, 0.29) is 5.95 Å². The third-order valence-corrected chi connectivity index (χ3v) is 6.71. The fourth-order valence-corrected chi connectivity index (χ4v) is 4.69. The number of piperidine rings is 1. The maximum atomic E-state index is 14.9. The van der Waals surface area contributed by atoms with Crippen molar-refractivity contribution in [1.82, 2.24) is 34.5 Å². The van der Waals surface area contributed by atoms with Crippen LogP contribution in [-0.2, 0) is 4.74 Å². The molecule has 13 heteroatoms. The molecule has 1 aromatic carbocycles. The van der Waals surface area contributed by atoms with Crippen LogP contribution in [0.2, 0.25) is 0 Å². The van der Waals surface area contributed by atoms with Crippen molar-refractivity contribution in [2.24, 2.45) is 0 Å². The third-order valence-electron chi connectivity index (χ3n) is 6.71. The van der Waals surface area contributed by atoms with E-state index in [4.69, 9.17) is 9.47 Å². The highest BCUT2D eigenvalue weighted by atomic mass is 19.1. The first-order valence-electron chi connectivity index (χ1n) is 12.1. The van der Waals surface area contributed by atoms with Gasteiger partial charge in [0.15, 0.2) is 0 Å². The van der Waals surface area contributed by atoms with Crippen molar-refractivity contribution in [2.45, 2.75) is 24.7 Å². The van der Waals surface area contributed by atoms with Crippen molar-refractivity contribution in [1.29, 1.82) is 0 Å². The predicted octanol–water partition coefficient (Wildman–Crippen LogP) is 3.10. The molecule has 198 valence electrons. The number of anilines is 1. The Hall–Kier alpha value is -3.45. The van der Waals surface area contributed by atoms with Crippen LogP contribution in [0.15, 0.2) is 30.5 Å². The second-order valence-corrected chi connectivity index (χ2v) is 9.02. The predicted molar refractivity (Wildman–Crippen MR) is 132 cm³/mol. The van der Waals surface area contributed by atoms with Crippen LogP contribution in [0.5, 0.6) is 5.88 Å². The third kappa shape index (κ3) is 4.92. The lowest BCUT2D eigenvalue weighted by Gasteiger charge is -2.34. The van der Waals surface area contributed by atoms with Crippen LogP contribution in [0.4, 0.5) is 19.1 Å². The van der Waals surface area contributed by atoms with Crippen LogP contribution in [0, 0.1) is 0 Å². The smallest absolute Gasteiger partial charge is 0.244 e. The van der Waals surface area contributed by atoms with Crippen molar-refractivity contribution >= 4 is 22.5 Å². The number of likely N-dealkylation sites (tertiary alicyclic amines) is 1. The van der Waals surface area contributed by atoms with Gasteiger partial charge in [-0.15, -0.1) is 10.2 Å². The van der Waals surface area contributed by atoms with Crippen molar-refractivity contribution in [3.63, 3.8) is 0 Å². The molecule has 0 spiro atoms. The molecule has 1 aliphatic heterocycles. The number of hydrogen-bond donors (Lipinski definition) is 1. The number of alkyl halides is 3. The maximum Gasteiger partial charge on any atom is 0.244 e. The molecule has 0 aliphatic carbocycles. The average molecular weight is 519 g/mol. The van der Waals surface area contributed by atoms with E-state index in [9.17, 15) is 13.2 Å². The molecule has 0 unspecified atom stereocenters. The minimum absolute atomic E-state index is 0.260. The Kier molecular flexibility index (Phi) is 7.42. The van der Waals surface area contributed by atoms with Gasteiger partial charge in [0.2, 0.25) is 11.8 Å². The van der Waals surface area contributed by atoms with Gasteiger partial charge in [-0.05, 0) is 30.2 Å². The van der Waals surface area contributed by atoms with Crippen molar-refractivity contribution < 1.29 is 22.6 Å². The van der Waals surface area contributed by atoms with Gasteiger partial charge in [-0.1, -0.05) is 11.3 Å². The Morgan fingerprint density at radius 2 is 2.03 bits per heavy atom. The molecule has 0 radical (unpaired) electrons. The molecule has 0 saturated carbocycles. The highest BCUT2D eigenvalue weighted by molar-refractivity contribution is 5.89. The van der Waals surface area contributed by atoms with Gasteiger partial charge < -0.3 is 14.8 Å². The molecule has 1 N–H and O–H groups in total. The Labute approximate surface area is 211 Å². The SMILES string of the molecule is COCCN1CC[C@H](Nc2nc(OC)c3c(-c4ccc5nnn(C(CF)CF)c5c4)ccn3n2)[C@H](F)C1. The zero-order valence-corrected chi connectivity index (χ0v) is 20.6. The molecule has 3 aromatic heterocycles. The standard InChI is InChI=1S/C24H29F3N8O2/c1-36-10-9-33-7-6-19(18(27)14-33)28-24-29-23(37-2)22-17(5-8-34(22)31-24)15-3-4-20-21(11-15)35(32-30-20)16(12-25)13-26/h3-5,8,11,16,18-19H,6-7,9-10,12-14H2,1-2H3,(H,28,31)/t18-,19+/m1/s1. The number of halogens is 3. The normalized spacial score (nSPS) is 18.8. The summed E-state index contributed by atoms with van der Waals surface area (Å²) < 4.78 is 55.1. The summed E-state index contributed by atoms with van der Waals surface area (Å²) >= 11 is 0. The van der Waals surface area contributed by atoms with Gasteiger partial charge in [-0.2, -0.15) is 4.98 Å². The van der Waals surface area contributed by atoms with Gasteiger partial charge in [-0.25, -0.2) is 22.4 Å². The topological polar surface area (TPSA) is 94.6 Å². The van der Waals surface area contributed by atoms with Gasteiger partial charge >= 0.3 is 0 Å². The van der Waals surface area contributed by atoms with Crippen LogP contribution >= 0.6 is 0 Å². The molecule has 1 aliphatic rings. The Bertz CT molecular complexity index is 1360. The molecule has 37 heavy (non-hydrogen) atoms. The molecular weight excluding hydrogens is 489 g/mol. The van der Waals surface area contributed by atoms with Crippen LogP contribution < -0.4 is 10.1 Å². The Morgan fingerprint density at radius 3 is 2.76 bits per heavy atom. The summed E-state index contributed by atoms with van der Waals surface area (Å²) in [5.41, 5.74) is 3.16. The molecule has 1 saturated heterocycles. The van der Waals surface area contributed by atoms with Crippen molar-refractivity contribution in [2.75, 3.05) is 59.1 Å². The van der Waals surface area contributed by atoms with Crippen LogP contribution in [0.3, 0.4) is 0 Å². The van der Waals surface area contributed by atoms with Crippen LogP contribution in [0.1, 0.15) is 12.5 Å². The fraction of sp³-hybridized carbons (Fsp3) is 0.500. The number of methoxy groups -OCH3 is 2. The average Bonchev–Trinajstić information content (AvgIpc) is 3.53. The summed E-state index contributed by atoms with van der Waals surface area (Å²) in [6, 6.07) is 5.75. The summed E-state index contributed by atoms with van der Waals surface area (Å²) in [6.07, 6.45) is 1.27. The maximum absolute atomic E-state index is 14.9. The van der Waals surface area contributed by atoms with E-state index in [1.807, 2.05) is 17.0 Å². The molecule has 10 nitrogen and oxygen atoms in total. The van der Waals surface area contributed by atoms with E-state index >= 15 is 0 Å². The number of aromatic nitrogens is 6.